The number of rotatable bonds is 2. The lowest BCUT2D eigenvalue weighted by atomic mass is 10.2. The summed E-state index contributed by atoms with van der Waals surface area (Å²) in [4.78, 5) is 10.7. The quantitative estimate of drug-likeness (QED) is 0.680. The van der Waals surface area contributed by atoms with Gasteiger partial charge in [0.25, 0.3) is 0 Å². The van der Waals surface area contributed by atoms with Gasteiger partial charge in [0.1, 0.15) is 5.58 Å². The number of halogens is 1. The van der Waals surface area contributed by atoms with Crippen molar-refractivity contribution >= 4 is 26.9 Å². The molecule has 3 nitrogen and oxygen atoms in total. The first-order valence-electron chi connectivity index (χ1n) is 4.97. The van der Waals surface area contributed by atoms with E-state index in [1.54, 1.807) is 12.1 Å². The molecule has 0 fully saturated rings. The van der Waals surface area contributed by atoms with Crippen LogP contribution in [0.15, 0.2) is 45.6 Å². The van der Waals surface area contributed by atoms with Crippen LogP contribution in [0.2, 0.25) is 0 Å². The van der Waals surface area contributed by atoms with Crippen LogP contribution in [0.3, 0.4) is 0 Å². The monoisotopic (exact) mass is 283 g/mol. The summed E-state index contributed by atoms with van der Waals surface area (Å²) in [5.74, 6) is 0. The fourth-order valence-corrected chi connectivity index (χ4v) is 1.50. The van der Waals surface area contributed by atoms with Gasteiger partial charge in [-0.25, -0.2) is 4.79 Å². The summed E-state index contributed by atoms with van der Waals surface area (Å²) in [6.45, 7) is 1.06. The first kappa shape index (κ1) is 12.9. The molecule has 16 heavy (non-hydrogen) atoms. The molecule has 2 rings (SSSR count). The molecule has 0 aliphatic rings. The van der Waals surface area contributed by atoms with E-state index < -0.39 is 0 Å². The zero-order chi connectivity index (χ0) is 11.8. The van der Waals surface area contributed by atoms with E-state index in [0.29, 0.717) is 5.58 Å². The minimum Gasteiger partial charge on any atom is -0.423 e. The second-order valence-electron chi connectivity index (χ2n) is 3.08. The fraction of sp³-hybridized carbons (Fsp3) is 0.250. The van der Waals surface area contributed by atoms with Crippen molar-refractivity contribution in [2.24, 2.45) is 0 Å². The van der Waals surface area contributed by atoms with Crippen molar-refractivity contribution in [2.45, 2.75) is 0 Å². The number of alkyl halides is 1. The molecule has 1 aromatic carbocycles. The molecule has 0 saturated heterocycles. The SMILES string of the molecule is CNCCBr.O=c1ccc2ccccc2o1. The highest BCUT2D eigenvalue weighted by Gasteiger charge is 1.92. The average Bonchev–Trinajstić information content (AvgIpc) is 2.31. The molecule has 0 bridgehead atoms. The molecule has 1 N–H and O–H groups in total. The number of fused-ring (bicyclic) bond motifs is 1. The Bertz CT molecular complexity index is 479. The van der Waals surface area contributed by atoms with E-state index in [1.807, 2.05) is 25.2 Å². The van der Waals surface area contributed by atoms with Crippen molar-refractivity contribution in [3.05, 3.63) is 46.8 Å². The second kappa shape index (κ2) is 7.19. The molecular formula is C12H14BrNO2. The highest BCUT2D eigenvalue weighted by atomic mass is 79.9. The molecule has 0 radical (unpaired) electrons. The number of nitrogens with one attached hydrogen (secondary N) is 1. The highest BCUT2D eigenvalue weighted by Crippen LogP contribution is 2.08. The zero-order valence-electron chi connectivity index (χ0n) is 9.07. The summed E-state index contributed by atoms with van der Waals surface area (Å²) >= 11 is 3.25. The van der Waals surface area contributed by atoms with Gasteiger partial charge in [0.05, 0.1) is 0 Å². The molecule has 2 aromatic rings. The Balaban J connectivity index is 0.000000221. The van der Waals surface area contributed by atoms with Crippen LogP contribution in [0.4, 0.5) is 0 Å². The summed E-state index contributed by atoms with van der Waals surface area (Å²) in [6, 6.07) is 10.6. The van der Waals surface area contributed by atoms with E-state index >= 15 is 0 Å². The van der Waals surface area contributed by atoms with Gasteiger partial charge < -0.3 is 9.73 Å². The van der Waals surface area contributed by atoms with Gasteiger partial charge in [-0.15, -0.1) is 0 Å². The molecule has 0 saturated carbocycles. The summed E-state index contributed by atoms with van der Waals surface area (Å²) < 4.78 is 4.91. The van der Waals surface area contributed by atoms with E-state index in [4.69, 9.17) is 4.42 Å². The lowest BCUT2D eigenvalue weighted by molar-refractivity contribution is 0.561. The Hall–Kier alpha value is -1.13. The van der Waals surface area contributed by atoms with Gasteiger partial charge in [-0.05, 0) is 19.2 Å². The molecule has 0 amide bonds. The first-order valence-corrected chi connectivity index (χ1v) is 6.09. The molecule has 4 heteroatoms. The third-order valence-electron chi connectivity index (χ3n) is 1.87. The van der Waals surface area contributed by atoms with Crippen molar-refractivity contribution in [1.82, 2.24) is 5.32 Å². The summed E-state index contributed by atoms with van der Waals surface area (Å²) in [5, 5.41) is 4.97. The van der Waals surface area contributed by atoms with Gasteiger partial charge in [0, 0.05) is 23.3 Å². The van der Waals surface area contributed by atoms with Gasteiger partial charge >= 0.3 is 5.63 Å². The molecular weight excluding hydrogens is 270 g/mol. The van der Waals surface area contributed by atoms with Gasteiger partial charge in [-0.1, -0.05) is 34.1 Å². The summed E-state index contributed by atoms with van der Waals surface area (Å²) in [6.07, 6.45) is 0. The smallest absolute Gasteiger partial charge is 0.336 e. The number of para-hydroxylation sites is 1. The average molecular weight is 284 g/mol. The lowest BCUT2D eigenvalue weighted by Gasteiger charge is -1.91. The summed E-state index contributed by atoms with van der Waals surface area (Å²) in [5.41, 5.74) is 0.337. The molecule has 0 aliphatic heterocycles. The third-order valence-corrected chi connectivity index (χ3v) is 2.27. The Kier molecular flexibility index (Phi) is 5.82. The van der Waals surface area contributed by atoms with Crippen LogP contribution in [0.1, 0.15) is 0 Å². The largest absolute Gasteiger partial charge is 0.423 e. The van der Waals surface area contributed by atoms with Crippen LogP contribution >= 0.6 is 15.9 Å². The topological polar surface area (TPSA) is 42.2 Å². The maximum atomic E-state index is 10.7. The number of benzene rings is 1. The Labute approximate surface area is 103 Å². The van der Waals surface area contributed by atoms with E-state index in [1.165, 1.54) is 6.07 Å². The van der Waals surface area contributed by atoms with Gasteiger partial charge in [0.15, 0.2) is 0 Å². The number of hydrogen-bond donors (Lipinski definition) is 1. The lowest BCUT2D eigenvalue weighted by Crippen LogP contribution is -2.07. The van der Waals surface area contributed by atoms with E-state index in [0.717, 1.165) is 17.3 Å². The molecule has 0 spiro atoms. The van der Waals surface area contributed by atoms with Crippen LogP contribution in [0.25, 0.3) is 11.0 Å². The standard InChI is InChI=1S/C9H6O2.C3H8BrN/c10-9-6-5-7-3-1-2-4-8(7)11-9;1-5-3-2-4/h1-6H;5H,2-3H2,1H3. The van der Waals surface area contributed by atoms with E-state index in [-0.39, 0.29) is 5.63 Å². The van der Waals surface area contributed by atoms with Gasteiger partial charge in [-0.3, -0.25) is 0 Å². The molecule has 0 atom stereocenters. The van der Waals surface area contributed by atoms with Crippen molar-refractivity contribution in [2.75, 3.05) is 18.9 Å². The maximum absolute atomic E-state index is 10.7. The minimum atomic E-state index is -0.302. The van der Waals surface area contributed by atoms with Gasteiger partial charge in [-0.2, -0.15) is 0 Å². The Morgan fingerprint density at radius 1 is 1.25 bits per heavy atom. The van der Waals surface area contributed by atoms with E-state index in [2.05, 4.69) is 21.2 Å². The van der Waals surface area contributed by atoms with Crippen molar-refractivity contribution in [3.63, 3.8) is 0 Å². The predicted molar refractivity (Wildman–Crippen MR) is 70.2 cm³/mol. The van der Waals surface area contributed by atoms with Crippen LogP contribution in [-0.4, -0.2) is 18.9 Å². The Morgan fingerprint density at radius 2 is 2.00 bits per heavy atom. The molecule has 0 aliphatic carbocycles. The first-order chi connectivity index (χ1) is 7.77. The number of hydrogen-bond acceptors (Lipinski definition) is 3. The van der Waals surface area contributed by atoms with Crippen LogP contribution in [-0.2, 0) is 0 Å². The predicted octanol–water partition coefficient (Wildman–Crippen LogP) is 2.39. The van der Waals surface area contributed by atoms with Crippen molar-refractivity contribution in [3.8, 4) is 0 Å². The third kappa shape index (κ3) is 4.16. The van der Waals surface area contributed by atoms with Crippen molar-refractivity contribution < 1.29 is 4.42 Å². The normalized spacial score (nSPS) is 9.62. The van der Waals surface area contributed by atoms with Crippen LogP contribution < -0.4 is 10.9 Å². The molecule has 0 unspecified atom stereocenters. The van der Waals surface area contributed by atoms with Gasteiger partial charge in [0.2, 0.25) is 0 Å². The molecule has 86 valence electrons. The highest BCUT2D eigenvalue weighted by molar-refractivity contribution is 9.09. The molecule has 1 heterocycles. The molecule has 1 aromatic heterocycles. The minimum absolute atomic E-state index is 0.302. The second-order valence-corrected chi connectivity index (χ2v) is 3.88. The maximum Gasteiger partial charge on any atom is 0.336 e. The summed E-state index contributed by atoms with van der Waals surface area (Å²) in [7, 11) is 1.93. The van der Waals surface area contributed by atoms with Crippen LogP contribution in [0.5, 0.6) is 0 Å². The zero-order valence-corrected chi connectivity index (χ0v) is 10.7. The van der Waals surface area contributed by atoms with Crippen molar-refractivity contribution in [1.29, 1.82) is 0 Å². The Morgan fingerprint density at radius 3 is 2.62 bits per heavy atom. The fourth-order valence-electron chi connectivity index (χ4n) is 1.11. The van der Waals surface area contributed by atoms with Crippen LogP contribution in [0, 0.1) is 0 Å². The van der Waals surface area contributed by atoms with E-state index in [9.17, 15) is 4.79 Å².